The third-order valence-electron chi connectivity index (χ3n) is 2.84. The zero-order chi connectivity index (χ0) is 13.7. The average molecular weight is 257 g/mol. The van der Waals surface area contributed by atoms with Gasteiger partial charge in [-0.3, -0.25) is 14.2 Å². The second-order valence-electron chi connectivity index (χ2n) is 4.26. The molecule has 0 fully saturated rings. The van der Waals surface area contributed by atoms with Crippen molar-refractivity contribution >= 4 is 5.91 Å². The molecule has 1 aromatic heterocycles. The first-order valence-electron chi connectivity index (χ1n) is 6.07. The topological polar surface area (TPSA) is 78.0 Å². The van der Waals surface area contributed by atoms with Crippen molar-refractivity contribution in [2.75, 3.05) is 0 Å². The lowest BCUT2D eigenvalue weighted by molar-refractivity contribution is 0.0995. The summed E-state index contributed by atoms with van der Waals surface area (Å²) in [4.78, 5) is 26.4. The Morgan fingerprint density at radius 2 is 2.00 bits per heavy atom. The molecule has 2 aromatic rings. The van der Waals surface area contributed by atoms with Crippen LogP contribution in [0.15, 0.2) is 47.5 Å². The summed E-state index contributed by atoms with van der Waals surface area (Å²) < 4.78 is 1.48. The number of aryl methyl sites for hydroxylation is 2. The Morgan fingerprint density at radius 1 is 1.26 bits per heavy atom. The van der Waals surface area contributed by atoms with Gasteiger partial charge < -0.3 is 5.73 Å². The van der Waals surface area contributed by atoms with E-state index in [9.17, 15) is 9.59 Å². The fraction of sp³-hybridized carbons (Fsp3) is 0.214. The summed E-state index contributed by atoms with van der Waals surface area (Å²) in [5, 5.41) is 0. The molecule has 2 N–H and O–H groups in total. The van der Waals surface area contributed by atoms with Crippen molar-refractivity contribution in [3.05, 3.63) is 64.3 Å². The van der Waals surface area contributed by atoms with Gasteiger partial charge in [-0.1, -0.05) is 30.3 Å². The Balaban J connectivity index is 1.97. The number of benzene rings is 1. The van der Waals surface area contributed by atoms with E-state index in [4.69, 9.17) is 5.73 Å². The SMILES string of the molecule is NC(=O)c1cc(=O)n(CCCc2ccccc2)cn1. The van der Waals surface area contributed by atoms with Crippen LogP contribution in [0.5, 0.6) is 0 Å². The molecule has 0 spiro atoms. The van der Waals surface area contributed by atoms with E-state index in [0.29, 0.717) is 6.54 Å². The van der Waals surface area contributed by atoms with E-state index in [1.165, 1.54) is 22.5 Å². The van der Waals surface area contributed by atoms with Gasteiger partial charge in [0.05, 0.1) is 6.33 Å². The third kappa shape index (κ3) is 3.51. The van der Waals surface area contributed by atoms with Gasteiger partial charge in [0.15, 0.2) is 0 Å². The summed E-state index contributed by atoms with van der Waals surface area (Å²) in [7, 11) is 0. The number of aromatic nitrogens is 2. The van der Waals surface area contributed by atoms with E-state index in [1.54, 1.807) is 0 Å². The number of amides is 1. The molecule has 1 heterocycles. The highest BCUT2D eigenvalue weighted by Crippen LogP contribution is 2.03. The minimum Gasteiger partial charge on any atom is -0.364 e. The number of nitrogens with two attached hydrogens (primary N) is 1. The molecule has 0 saturated heterocycles. The van der Waals surface area contributed by atoms with E-state index in [1.807, 2.05) is 18.2 Å². The van der Waals surface area contributed by atoms with E-state index < -0.39 is 5.91 Å². The summed E-state index contributed by atoms with van der Waals surface area (Å²) in [6.45, 7) is 0.569. The molecule has 0 bridgehead atoms. The van der Waals surface area contributed by atoms with Crippen molar-refractivity contribution in [3.8, 4) is 0 Å². The Morgan fingerprint density at radius 3 is 2.63 bits per heavy atom. The Kier molecular flexibility index (Phi) is 4.07. The van der Waals surface area contributed by atoms with Gasteiger partial charge in [0, 0.05) is 12.6 Å². The number of hydrogen-bond donors (Lipinski definition) is 1. The highest BCUT2D eigenvalue weighted by atomic mass is 16.1. The zero-order valence-corrected chi connectivity index (χ0v) is 10.5. The fourth-order valence-electron chi connectivity index (χ4n) is 1.83. The van der Waals surface area contributed by atoms with Crippen molar-refractivity contribution in [2.24, 2.45) is 5.73 Å². The summed E-state index contributed by atoms with van der Waals surface area (Å²) in [6, 6.07) is 11.2. The number of nitrogens with zero attached hydrogens (tertiary/aromatic N) is 2. The van der Waals surface area contributed by atoms with E-state index in [-0.39, 0.29) is 11.3 Å². The highest BCUT2D eigenvalue weighted by molar-refractivity contribution is 5.90. The first kappa shape index (κ1) is 13.0. The molecule has 0 atom stereocenters. The van der Waals surface area contributed by atoms with Crippen LogP contribution < -0.4 is 11.3 Å². The quantitative estimate of drug-likeness (QED) is 0.867. The largest absolute Gasteiger partial charge is 0.364 e. The summed E-state index contributed by atoms with van der Waals surface area (Å²) in [6.07, 6.45) is 3.10. The number of carbonyl (C=O) groups excluding carboxylic acids is 1. The van der Waals surface area contributed by atoms with Crippen LogP contribution >= 0.6 is 0 Å². The molecule has 19 heavy (non-hydrogen) atoms. The molecule has 1 aromatic carbocycles. The molecule has 5 heteroatoms. The Labute approximate surface area is 110 Å². The molecule has 0 saturated carbocycles. The molecule has 0 aliphatic heterocycles. The first-order valence-corrected chi connectivity index (χ1v) is 6.07. The van der Waals surface area contributed by atoms with Crippen molar-refractivity contribution in [1.82, 2.24) is 9.55 Å². The van der Waals surface area contributed by atoms with Crippen LogP contribution in [-0.2, 0) is 13.0 Å². The van der Waals surface area contributed by atoms with Gasteiger partial charge in [-0.25, -0.2) is 4.98 Å². The van der Waals surface area contributed by atoms with Crippen molar-refractivity contribution in [1.29, 1.82) is 0 Å². The van der Waals surface area contributed by atoms with Crippen LogP contribution in [-0.4, -0.2) is 15.5 Å². The van der Waals surface area contributed by atoms with Gasteiger partial charge in [0.1, 0.15) is 5.69 Å². The second-order valence-corrected chi connectivity index (χ2v) is 4.26. The fourth-order valence-corrected chi connectivity index (χ4v) is 1.83. The summed E-state index contributed by atoms with van der Waals surface area (Å²) in [5.41, 5.74) is 6.04. The van der Waals surface area contributed by atoms with Gasteiger partial charge in [-0.15, -0.1) is 0 Å². The van der Waals surface area contributed by atoms with Crippen molar-refractivity contribution in [3.63, 3.8) is 0 Å². The predicted octanol–water partition coefficient (Wildman–Crippen LogP) is 0.975. The van der Waals surface area contributed by atoms with Crippen LogP contribution in [0.4, 0.5) is 0 Å². The maximum atomic E-state index is 11.7. The summed E-state index contributed by atoms with van der Waals surface area (Å²) in [5.74, 6) is -0.687. The summed E-state index contributed by atoms with van der Waals surface area (Å²) >= 11 is 0. The van der Waals surface area contributed by atoms with Gasteiger partial charge >= 0.3 is 0 Å². The molecule has 0 aliphatic rings. The molecule has 5 nitrogen and oxygen atoms in total. The second kappa shape index (κ2) is 5.95. The van der Waals surface area contributed by atoms with Gasteiger partial charge in [-0.05, 0) is 18.4 Å². The number of primary amides is 1. The first-order chi connectivity index (χ1) is 9.16. The molecular weight excluding hydrogens is 242 g/mol. The maximum Gasteiger partial charge on any atom is 0.267 e. The van der Waals surface area contributed by atoms with Gasteiger partial charge in [0.2, 0.25) is 0 Å². The highest BCUT2D eigenvalue weighted by Gasteiger charge is 2.04. The lowest BCUT2D eigenvalue weighted by atomic mass is 10.1. The maximum absolute atomic E-state index is 11.7. The molecule has 0 aliphatic carbocycles. The van der Waals surface area contributed by atoms with Crippen LogP contribution in [0.1, 0.15) is 22.5 Å². The zero-order valence-electron chi connectivity index (χ0n) is 10.5. The molecule has 98 valence electrons. The Bertz CT molecular complexity index is 620. The van der Waals surface area contributed by atoms with Crippen LogP contribution in [0.2, 0.25) is 0 Å². The smallest absolute Gasteiger partial charge is 0.267 e. The number of hydrogen-bond acceptors (Lipinski definition) is 3. The van der Waals surface area contributed by atoms with Crippen LogP contribution in [0, 0.1) is 0 Å². The normalized spacial score (nSPS) is 10.3. The predicted molar refractivity (Wildman–Crippen MR) is 71.8 cm³/mol. The molecule has 0 unspecified atom stereocenters. The van der Waals surface area contributed by atoms with E-state index in [0.717, 1.165) is 12.8 Å². The standard InChI is InChI=1S/C14H15N3O2/c15-14(19)12-9-13(18)17(10-16-12)8-4-7-11-5-2-1-3-6-11/h1-3,5-6,9-10H,4,7-8H2,(H2,15,19). The van der Waals surface area contributed by atoms with E-state index in [2.05, 4.69) is 17.1 Å². The molecule has 2 rings (SSSR count). The number of carbonyl (C=O) groups is 1. The van der Waals surface area contributed by atoms with E-state index >= 15 is 0 Å². The van der Waals surface area contributed by atoms with Crippen molar-refractivity contribution in [2.45, 2.75) is 19.4 Å². The van der Waals surface area contributed by atoms with Crippen molar-refractivity contribution < 1.29 is 4.79 Å². The molecule has 0 radical (unpaired) electrons. The Hall–Kier alpha value is -2.43. The van der Waals surface area contributed by atoms with Crippen LogP contribution in [0.25, 0.3) is 0 Å². The minimum absolute atomic E-state index is 0.00399. The number of rotatable bonds is 5. The van der Waals surface area contributed by atoms with Gasteiger partial charge in [-0.2, -0.15) is 0 Å². The molecular formula is C14H15N3O2. The minimum atomic E-state index is -0.687. The lowest BCUT2D eigenvalue weighted by Gasteiger charge is -2.05. The monoisotopic (exact) mass is 257 g/mol. The average Bonchev–Trinajstić information content (AvgIpc) is 2.41. The molecule has 1 amide bonds. The third-order valence-corrected chi connectivity index (χ3v) is 2.84. The van der Waals surface area contributed by atoms with Crippen LogP contribution in [0.3, 0.4) is 0 Å². The van der Waals surface area contributed by atoms with Gasteiger partial charge in [0.25, 0.3) is 11.5 Å². The lowest BCUT2D eigenvalue weighted by Crippen LogP contribution is -2.24.